The molecule has 0 unspecified atom stereocenters. The van der Waals surface area contributed by atoms with Gasteiger partial charge < -0.3 is 10.4 Å². The van der Waals surface area contributed by atoms with E-state index in [-0.39, 0.29) is 33.4 Å². The summed E-state index contributed by atoms with van der Waals surface area (Å²) in [7, 11) is 0. The van der Waals surface area contributed by atoms with Gasteiger partial charge in [-0.2, -0.15) is 0 Å². The molecule has 1 fully saturated rings. The van der Waals surface area contributed by atoms with Crippen LogP contribution in [0.15, 0.2) is 36.4 Å². The molecule has 0 atom stereocenters. The molecule has 1 aliphatic carbocycles. The van der Waals surface area contributed by atoms with Gasteiger partial charge in [-0.05, 0) is 36.5 Å². The number of nitro groups is 1. The SMILES string of the molecule is O=[N+]([O-])c1cc(Cl)c(Cl)cc1Nc1ccccc1C1CC(O)C1. The highest BCUT2D eigenvalue weighted by Crippen LogP contribution is 2.42. The van der Waals surface area contributed by atoms with Crippen LogP contribution in [0.1, 0.15) is 24.3 Å². The summed E-state index contributed by atoms with van der Waals surface area (Å²) in [6, 6.07) is 10.3. The van der Waals surface area contributed by atoms with E-state index in [0.29, 0.717) is 12.8 Å². The summed E-state index contributed by atoms with van der Waals surface area (Å²) in [5.74, 6) is 0.246. The highest BCUT2D eigenvalue weighted by molar-refractivity contribution is 6.42. The molecule has 0 bridgehead atoms. The lowest BCUT2D eigenvalue weighted by Crippen LogP contribution is -2.26. The molecule has 7 heteroatoms. The first-order chi connectivity index (χ1) is 11.0. The number of nitrogens with one attached hydrogen (secondary N) is 1. The highest BCUT2D eigenvalue weighted by atomic mass is 35.5. The molecule has 0 aliphatic heterocycles. The Labute approximate surface area is 143 Å². The van der Waals surface area contributed by atoms with E-state index in [2.05, 4.69) is 5.32 Å². The van der Waals surface area contributed by atoms with Crippen molar-refractivity contribution in [3.05, 3.63) is 62.1 Å². The molecule has 0 amide bonds. The number of para-hydroxylation sites is 1. The van der Waals surface area contributed by atoms with Gasteiger partial charge in [0.1, 0.15) is 5.69 Å². The maximum absolute atomic E-state index is 11.2. The van der Waals surface area contributed by atoms with Gasteiger partial charge in [0.25, 0.3) is 5.69 Å². The standard InChI is InChI=1S/C16H14Cl2N2O3/c17-12-7-15(16(20(22)23)8-13(12)18)19-14-4-2-1-3-11(14)9-5-10(21)6-9/h1-4,7-10,19,21H,5-6H2. The van der Waals surface area contributed by atoms with Gasteiger partial charge in [0.2, 0.25) is 0 Å². The maximum atomic E-state index is 11.2. The Morgan fingerprint density at radius 2 is 1.78 bits per heavy atom. The van der Waals surface area contributed by atoms with Crippen molar-refractivity contribution in [1.29, 1.82) is 0 Å². The quantitative estimate of drug-likeness (QED) is 0.607. The van der Waals surface area contributed by atoms with Crippen molar-refractivity contribution in [2.45, 2.75) is 24.9 Å². The van der Waals surface area contributed by atoms with Gasteiger partial charge in [-0.3, -0.25) is 10.1 Å². The van der Waals surface area contributed by atoms with Crippen molar-refractivity contribution < 1.29 is 10.0 Å². The number of benzene rings is 2. The Hall–Kier alpha value is -1.82. The van der Waals surface area contributed by atoms with E-state index in [1.165, 1.54) is 12.1 Å². The molecular weight excluding hydrogens is 339 g/mol. The fraction of sp³-hybridized carbons (Fsp3) is 0.250. The van der Waals surface area contributed by atoms with Crippen LogP contribution < -0.4 is 5.32 Å². The number of aliphatic hydroxyl groups excluding tert-OH is 1. The first-order valence-electron chi connectivity index (χ1n) is 7.13. The smallest absolute Gasteiger partial charge is 0.294 e. The second-order valence-corrected chi connectivity index (χ2v) is 6.39. The van der Waals surface area contributed by atoms with Gasteiger partial charge in [-0.1, -0.05) is 41.4 Å². The highest BCUT2D eigenvalue weighted by Gasteiger charge is 2.30. The second kappa shape index (κ2) is 6.35. The van der Waals surface area contributed by atoms with Gasteiger partial charge in [0.15, 0.2) is 0 Å². The van der Waals surface area contributed by atoms with Crippen molar-refractivity contribution in [1.82, 2.24) is 0 Å². The predicted molar refractivity (Wildman–Crippen MR) is 90.8 cm³/mol. The third kappa shape index (κ3) is 3.27. The van der Waals surface area contributed by atoms with E-state index in [9.17, 15) is 15.2 Å². The normalized spacial score (nSPS) is 20.0. The molecule has 0 saturated heterocycles. The number of nitrogens with zero attached hydrogens (tertiary/aromatic N) is 1. The molecule has 1 saturated carbocycles. The Bertz CT molecular complexity index is 761. The summed E-state index contributed by atoms with van der Waals surface area (Å²) in [6.07, 6.45) is 1.12. The van der Waals surface area contributed by atoms with Crippen LogP contribution in [0, 0.1) is 10.1 Å². The molecule has 5 nitrogen and oxygen atoms in total. The van der Waals surface area contributed by atoms with Gasteiger partial charge in [-0.15, -0.1) is 0 Å². The molecule has 2 aromatic rings. The number of halogens is 2. The molecular formula is C16H14Cl2N2O3. The van der Waals surface area contributed by atoms with Crippen LogP contribution in [0.3, 0.4) is 0 Å². The molecule has 120 valence electrons. The third-order valence-corrected chi connectivity index (χ3v) is 4.74. The minimum absolute atomic E-state index is 0.136. The zero-order valence-corrected chi connectivity index (χ0v) is 13.5. The molecule has 0 heterocycles. The number of hydrogen-bond acceptors (Lipinski definition) is 4. The minimum Gasteiger partial charge on any atom is -0.393 e. The molecule has 2 N–H and O–H groups in total. The maximum Gasteiger partial charge on any atom is 0.294 e. The van der Waals surface area contributed by atoms with Crippen molar-refractivity contribution in [2.24, 2.45) is 0 Å². The van der Waals surface area contributed by atoms with Crippen LogP contribution in [0.2, 0.25) is 10.0 Å². The van der Waals surface area contributed by atoms with E-state index in [0.717, 1.165) is 11.3 Å². The molecule has 3 rings (SSSR count). The van der Waals surface area contributed by atoms with E-state index in [4.69, 9.17) is 23.2 Å². The lowest BCUT2D eigenvalue weighted by Gasteiger charge is -2.33. The fourth-order valence-electron chi connectivity index (χ4n) is 2.74. The lowest BCUT2D eigenvalue weighted by molar-refractivity contribution is -0.383. The van der Waals surface area contributed by atoms with Crippen LogP contribution in [0.25, 0.3) is 0 Å². The summed E-state index contributed by atoms with van der Waals surface area (Å²) < 4.78 is 0. The van der Waals surface area contributed by atoms with E-state index < -0.39 is 4.92 Å². The molecule has 0 radical (unpaired) electrons. The molecule has 23 heavy (non-hydrogen) atoms. The summed E-state index contributed by atoms with van der Waals surface area (Å²) in [6.45, 7) is 0. The first-order valence-corrected chi connectivity index (χ1v) is 7.88. The van der Waals surface area contributed by atoms with Crippen molar-refractivity contribution in [3.63, 3.8) is 0 Å². The van der Waals surface area contributed by atoms with Crippen LogP contribution in [0.4, 0.5) is 17.1 Å². The zero-order valence-electron chi connectivity index (χ0n) is 12.0. The average molecular weight is 353 g/mol. The van der Waals surface area contributed by atoms with Crippen LogP contribution in [-0.4, -0.2) is 16.1 Å². The Balaban J connectivity index is 1.97. The van der Waals surface area contributed by atoms with Gasteiger partial charge >= 0.3 is 0 Å². The van der Waals surface area contributed by atoms with Gasteiger partial charge in [0.05, 0.1) is 21.1 Å². The summed E-state index contributed by atoms with van der Waals surface area (Å²) in [5.41, 5.74) is 1.95. The van der Waals surface area contributed by atoms with Crippen molar-refractivity contribution in [2.75, 3.05) is 5.32 Å². The van der Waals surface area contributed by atoms with E-state index in [1.807, 2.05) is 24.3 Å². The van der Waals surface area contributed by atoms with Crippen LogP contribution in [-0.2, 0) is 0 Å². The van der Waals surface area contributed by atoms with Crippen LogP contribution in [0.5, 0.6) is 0 Å². The number of anilines is 2. The molecule has 2 aromatic carbocycles. The van der Waals surface area contributed by atoms with Gasteiger partial charge in [-0.25, -0.2) is 0 Å². The minimum atomic E-state index is -0.500. The number of rotatable bonds is 4. The topological polar surface area (TPSA) is 75.4 Å². The Kier molecular flexibility index (Phi) is 4.43. The van der Waals surface area contributed by atoms with E-state index in [1.54, 1.807) is 0 Å². The zero-order chi connectivity index (χ0) is 16.6. The second-order valence-electron chi connectivity index (χ2n) is 5.57. The summed E-state index contributed by atoms with van der Waals surface area (Å²) in [5, 5.41) is 24.2. The largest absolute Gasteiger partial charge is 0.393 e. The average Bonchev–Trinajstić information content (AvgIpc) is 2.48. The third-order valence-electron chi connectivity index (χ3n) is 4.02. The predicted octanol–water partition coefficient (Wildman–Crippen LogP) is 4.88. The van der Waals surface area contributed by atoms with Crippen molar-refractivity contribution in [3.8, 4) is 0 Å². The first kappa shape index (κ1) is 16.1. The van der Waals surface area contributed by atoms with Gasteiger partial charge in [0, 0.05) is 11.8 Å². The lowest BCUT2D eigenvalue weighted by atomic mass is 9.77. The van der Waals surface area contributed by atoms with E-state index >= 15 is 0 Å². The fourth-order valence-corrected chi connectivity index (χ4v) is 3.06. The number of hydrogen-bond donors (Lipinski definition) is 2. The Morgan fingerprint density at radius 1 is 1.13 bits per heavy atom. The Morgan fingerprint density at radius 3 is 2.43 bits per heavy atom. The van der Waals surface area contributed by atoms with Crippen molar-refractivity contribution >= 4 is 40.3 Å². The monoisotopic (exact) mass is 352 g/mol. The molecule has 0 spiro atoms. The molecule has 1 aliphatic rings. The summed E-state index contributed by atoms with van der Waals surface area (Å²) in [4.78, 5) is 10.7. The number of nitro benzene ring substituents is 1. The molecule has 0 aromatic heterocycles. The summed E-state index contributed by atoms with van der Waals surface area (Å²) >= 11 is 11.9. The number of aliphatic hydroxyl groups is 1. The van der Waals surface area contributed by atoms with Crippen LogP contribution >= 0.6 is 23.2 Å².